The number of aromatic nitrogens is 1. The number of hydrogen-bond donors (Lipinski definition) is 2. The van der Waals surface area contributed by atoms with Crippen LogP contribution in [0.1, 0.15) is 24.3 Å². The Kier molecular flexibility index (Phi) is 3.51. The van der Waals surface area contributed by atoms with Gasteiger partial charge in [-0.1, -0.05) is 6.07 Å². The van der Waals surface area contributed by atoms with E-state index < -0.39 is 5.91 Å². The largest absolute Gasteiger partial charge is 0.365 e. The highest BCUT2D eigenvalue weighted by Crippen LogP contribution is 2.29. The Bertz CT molecular complexity index is 685. The molecule has 2 aromatic rings. The fourth-order valence-corrected chi connectivity index (χ4v) is 2.82. The third-order valence-corrected chi connectivity index (χ3v) is 3.96. The number of nitrogens with one attached hydrogen (secondary N) is 1. The van der Waals surface area contributed by atoms with Crippen molar-refractivity contribution in [3.8, 4) is 0 Å². The Morgan fingerprint density at radius 2 is 2.33 bits per heavy atom. The summed E-state index contributed by atoms with van der Waals surface area (Å²) in [7, 11) is 0. The Labute approximate surface area is 124 Å². The molecule has 1 radical (unpaired) electrons. The first kappa shape index (κ1) is 13.8. The minimum atomic E-state index is -0.498. The summed E-state index contributed by atoms with van der Waals surface area (Å²) in [5.74, 6) is -0.498. The zero-order valence-corrected chi connectivity index (χ0v) is 12.3. The quantitative estimate of drug-likeness (QED) is 0.872. The molecule has 3 N–H and O–H groups in total. The molecule has 3 rings (SSSR count). The summed E-state index contributed by atoms with van der Waals surface area (Å²) in [6, 6.07) is 11.2. The number of benzene rings is 1. The molecule has 0 aliphatic carbocycles. The molecular formula is C16H19N4O. The maximum atomic E-state index is 11.5. The first-order chi connectivity index (χ1) is 10.1. The standard InChI is InChI=1S/C16H19N4O/c1-10-9-20(11(2)8-18-10)15-7-14(16(17)21)19-13-6-4-3-5-12(13)15/h4-7,10-11,18H,8-9H2,1-2H3,(H2,17,21)/t10-,11+/m0/s1. The van der Waals surface area contributed by atoms with Gasteiger partial charge in [-0.15, -0.1) is 0 Å². The molecule has 1 aliphatic rings. The summed E-state index contributed by atoms with van der Waals surface area (Å²) >= 11 is 0. The molecule has 1 aromatic carbocycles. The maximum Gasteiger partial charge on any atom is 0.267 e. The van der Waals surface area contributed by atoms with E-state index in [0.717, 1.165) is 29.7 Å². The average molecular weight is 283 g/mol. The Hall–Kier alpha value is -2.14. The first-order valence-electron chi connectivity index (χ1n) is 7.17. The van der Waals surface area contributed by atoms with E-state index >= 15 is 0 Å². The number of carbonyl (C=O) groups is 1. The van der Waals surface area contributed by atoms with Gasteiger partial charge >= 0.3 is 0 Å². The van der Waals surface area contributed by atoms with E-state index in [1.165, 1.54) is 0 Å². The molecular weight excluding hydrogens is 264 g/mol. The molecule has 109 valence electrons. The van der Waals surface area contributed by atoms with Crippen molar-refractivity contribution < 1.29 is 4.79 Å². The van der Waals surface area contributed by atoms with Crippen LogP contribution in [0.2, 0.25) is 0 Å². The molecule has 0 unspecified atom stereocenters. The van der Waals surface area contributed by atoms with Crippen LogP contribution in [0.3, 0.4) is 0 Å². The summed E-state index contributed by atoms with van der Waals surface area (Å²) in [5, 5.41) is 4.46. The third-order valence-electron chi connectivity index (χ3n) is 3.96. The molecule has 0 spiro atoms. The van der Waals surface area contributed by atoms with Crippen LogP contribution in [-0.4, -0.2) is 36.1 Å². The summed E-state index contributed by atoms with van der Waals surface area (Å²) in [6.45, 7) is 6.12. The predicted molar refractivity (Wildman–Crippen MR) is 83.4 cm³/mol. The molecule has 1 amide bonds. The average Bonchev–Trinajstić information content (AvgIpc) is 2.48. The number of nitrogens with two attached hydrogens (primary N) is 1. The molecule has 5 nitrogen and oxygen atoms in total. The number of amides is 1. The van der Waals surface area contributed by atoms with Crippen LogP contribution in [0.5, 0.6) is 0 Å². The molecule has 5 heteroatoms. The number of fused-ring (bicyclic) bond motifs is 1. The van der Waals surface area contributed by atoms with E-state index in [1.807, 2.05) is 12.1 Å². The number of anilines is 1. The normalized spacial score (nSPS) is 22.5. The van der Waals surface area contributed by atoms with E-state index in [2.05, 4.69) is 35.1 Å². The molecule has 2 heterocycles. The highest BCUT2D eigenvalue weighted by atomic mass is 16.1. The van der Waals surface area contributed by atoms with Crippen LogP contribution in [0.25, 0.3) is 10.9 Å². The van der Waals surface area contributed by atoms with Crippen LogP contribution >= 0.6 is 0 Å². The molecule has 1 aromatic heterocycles. The zero-order valence-electron chi connectivity index (χ0n) is 12.3. The summed E-state index contributed by atoms with van der Waals surface area (Å²) in [4.78, 5) is 18.2. The van der Waals surface area contributed by atoms with Crippen molar-refractivity contribution in [2.24, 2.45) is 5.73 Å². The number of nitrogens with zero attached hydrogens (tertiary/aromatic N) is 2. The molecule has 2 atom stereocenters. The fraction of sp³-hybridized carbons (Fsp3) is 0.375. The van der Waals surface area contributed by atoms with E-state index in [9.17, 15) is 4.79 Å². The summed E-state index contributed by atoms with van der Waals surface area (Å²) in [6.07, 6.45) is 0. The second kappa shape index (κ2) is 5.33. The predicted octanol–water partition coefficient (Wildman–Crippen LogP) is 1.32. The van der Waals surface area contributed by atoms with Crippen LogP contribution in [-0.2, 0) is 0 Å². The van der Waals surface area contributed by atoms with E-state index in [0.29, 0.717) is 17.8 Å². The van der Waals surface area contributed by atoms with Gasteiger partial charge in [0.25, 0.3) is 5.91 Å². The SMILES string of the molecule is C[C@@H]1CN[C@@H](C)CN1c1cc(C(N)=O)nc2cc[c]cc12. The highest BCUT2D eigenvalue weighted by Gasteiger charge is 2.25. The van der Waals surface area contributed by atoms with Crippen molar-refractivity contribution in [2.45, 2.75) is 25.9 Å². The highest BCUT2D eigenvalue weighted by molar-refractivity contribution is 5.99. The van der Waals surface area contributed by atoms with Gasteiger partial charge in [0.2, 0.25) is 0 Å². The third kappa shape index (κ3) is 2.56. The van der Waals surface area contributed by atoms with Gasteiger partial charge in [0.05, 0.1) is 5.52 Å². The molecule has 0 bridgehead atoms. The Balaban J connectivity index is 2.17. The number of hydrogen-bond acceptors (Lipinski definition) is 4. The van der Waals surface area contributed by atoms with Crippen molar-refractivity contribution in [3.63, 3.8) is 0 Å². The lowest BCUT2D eigenvalue weighted by atomic mass is 10.1. The van der Waals surface area contributed by atoms with Crippen LogP contribution in [0.4, 0.5) is 5.69 Å². The fourth-order valence-electron chi connectivity index (χ4n) is 2.82. The Morgan fingerprint density at radius 3 is 3.10 bits per heavy atom. The summed E-state index contributed by atoms with van der Waals surface area (Å²) < 4.78 is 0. The van der Waals surface area contributed by atoms with Crippen LogP contribution in [0.15, 0.2) is 24.3 Å². The molecule has 1 saturated heterocycles. The van der Waals surface area contributed by atoms with Gasteiger partial charge in [-0.3, -0.25) is 4.79 Å². The lowest BCUT2D eigenvalue weighted by Crippen LogP contribution is -2.54. The summed E-state index contributed by atoms with van der Waals surface area (Å²) in [5.41, 5.74) is 7.51. The van der Waals surface area contributed by atoms with E-state index in [4.69, 9.17) is 5.73 Å². The van der Waals surface area contributed by atoms with Gasteiger partial charge in [0.15, 0.2) is 0 Å². The minimum absolute atomic E-state index is 0.307. The zero-order chi connectivity index (χ0) is 15.0. The Morgan fingerprint density at radius 1 is 1.52 bits per heavy atom. The molecule has 1 aliphatic heterocycles. The van der Waals surface area contributed by atoms with Gasteiger partial charge in [-0.05, 0) is 38.1 Å². The van der Waals surface area contributed by atoms with Crippen molar-refractivity contribution in [2.75, 3.05) is 18.0 Å². The smallest absolute Gasteiger partial charge is 0.267 e. The van der Waals surface area contributed by atoms with Gasteiger partial charge in [0.1, 0.15) is 5.69 Å². The number of primary amides is 1. The second-order valence-electron chi connectivity index (χ2n) is 5.64. The molecule has 21 heavy (non-hydrogen) atoms. The number of pyridine rings is 1. The monoisotopic (exact) mass is 283 g/mol. The first-order valence-corrected chi connectivity index (χ1v) is 7.17. The van der Waals surface area contributed by atoms with Crippen molar-refractivity contribution in [1.82, 2.24) is 10.3 Å². The molecule has 0 saturated carbocycles. The number of piperazine rings is 1. The lowest BCUT2D eigenvalue weighted by molar-refractivity contribution is 0.0996. The van der Waals surface area contributed by atoms with Gasteiger partial charge in [-0.25, -0.2) is 4.98 Å². The van der Waals surface area contributed by atoms with Crippen molar-refractivity contribution >= 4 is 22.5 Å². The molecule has 1 fully saturated rings. The van der Waals surface area contributed by atoms with Gasteiger partial charge in [-0.2, -0.15) is 0 Å². The van der Waals surface area contributed by atoms with E-state index in [-0.39, 0.29) is 0 Å². The second-order valence-corrected chi connectivity index (χ2v) is 5.64. The number of rotatable bonds is 2. The van der Waals surface area contributed by atoms with Crippen molar-refractivity contribution in [1.29, 1.82) is 0 Å². The topological polar surface area (TPSA) is 71.2 Å². The van der Waals surface area contributed by atoms with Crippen LogP contribution < -0.4 is 16.0 Å². The minimum Gasteiger partial charge on any atom is -0.365 e. The van der Waals surface area contributed by atoms with E-state index in [1.54, 1.807) is 12.1 Å². The van der Waals surface area contributed by atoms with Crippen molar-refractivity contribution in [3.05, 3.63) is 36.0 Å². The van der Waals surface area contributed by atoms with Crippen LogP contribution in [0, 0.1) is 6.07 Å². The van der Waals surface area contributed by atoms with Gasteiger partial charge in [0, 0.05) is 36.2 Å². The maximum absolute atomic E-state index is 11.5. The van der Waals surface area contributed by atoms with Gasteiger partial charge < -0.3 is 16.0 Å². The number of carbonyl (C=O) groups excluding carboxylic acids is 1. The lowest BCUT2D eigenvalue weighted by Gasteiger charge is -2.39.